The molecule has 0 bridgehead atoms. The summed E-state index contributed by atoms with van der Waals surface area (Å²) in [5.74, 6) is 0.162. The van der Waals surface area contributed by atoms with E-state index in [4.69, 9.17) is 4.74 Å². The second-order valence-corrected chi connectivity index (χ2v) is 4.04. The van der Waals surface area contributed by atoms with Gasteiger partial charge in [-0.15, -0.1) is 0 Å². The van der Waals surface area contributed by atoms with Crippen molar-refractivity contribution in [1.29, 1.82) is 0 Å². The van der Waals surface area contributed by atoms with Crippen LogP contribution >= 0.6 is 0 Å². The van der Waals surface area contributed by atoms with E-state index in [2.05, 4.69) is 17.2 Å². The number of aromatic nitrogens is 1. The summed E-state index contributed by atoms with van der Waals surface area (Å²) in [5, 5.41) is 3.27. The first-order chi connectivity index (χ1) is 8.33. The van der Waals surface area contributed by atoms with Crippen LogP contribution in [-0.4, -0.2) is 43.9 Å². The Kier molecular flexibility index (Phi) is 4.28. The Labute approximate surface area is 101 Å². The highest BCUT2D eigenvalue weighted by molar-refractivity contribution is 5.41. The third-order valence-electron chi connectivity index (χ3n) is 2.87. The number of nitrogens with one attached hydrogen (secondary N) is 1. The zero-order valence-electron chi connectivity index (χ0n) is 10.0. The van der Waals surface area contributed by atoms with E-state index in [0.717, 1.165) is 13.1 Å². The predicted molar refractivity (Wildman–Crippen MR) is 64.7 cm³/mol. The van der Waals surface area contributed by atoms with E-state index in [1.54, 1.807) is 12.3 Å². The van der Waals surface area contributed by atoms with Crippen molar-refractivity contribution in [1.82, 2.24) is 10.3 Å². The van der Waals surface area contributed by atoms with Gasteiger partial charge in [0, 0.05) is 19.3 Å². The Morgan fingerprint density at radius 3 is 3.29 bits per heavy atom. The molecular weight excluding hydrogens is 221 g/mol. The highest BCUT2D eigenvalue weighted by Gasteiger charge is 2.25. The number of halogens is 1. The monoisotopic (exact) mass is 239 g/mol. The molecule has 0 aromatic carbocycles. The van der Waals surface area contributed by atoms with Gasteiger partial charge in [-0.1, -0.05) is 6.92 Å². The lowest BCUT2D eigenvalue weighted by atomic mass is 10.2. The molecule has 17 heavy (non-hydrogen) atoms. The lowest BCUT2D eigenvalue weighted by molar-refractivity contribution is 0.0931. The van der Waals surface area contributed by atoms with Crippen LogP contribution in [0.15, 0.2) is 18.3 Å². The Morgan fingerprint density at radius 2 is 2.53 bits per heavy atom. The Balaban J connectivity index is 2.13. The number of nitrogens with zero attached hydrogens (tertiary/aromatic N) is 2. The Hall–Kier alpha value is -1.20. The third kappa shape index (κ3) is 2.92. The summed E-state index contributed by atoms with van der Waals surface area (Å²) in [4.78, 5) is 6.12. The van der Waals surface area contributed by atoms with Gasteiger partial charge in [-0.2, -0.15) is 0 Å². The fourth-order valence-corrected chi connectivity index (χ4v) is 2.00. The molecule has 0 radical (unpaired) electrons. The second-order valence-electron chi connectivity index (χ2n) is 4.04. The number of rotatable bonds is 4. The molecule has 1 saturated heterocycles. The first-order valence-electron chi connectivity index (χ1n) is 5.98. The van der Waals surface area contributed by atoms with Crippen molar-refractivity contribution < 1.29 is 9.13 Å². The van der Waals surface area contributed by atoms with Crippen molar-refractivity contribution in [3.05, 3.63) is 24.1 Å². The van der Waals surface area contributed by atoms with Crippen LogP contribution in [0.3, 0.4) is 0 Å². The Morgan fingerprint density at radius 1 is 1.65 bits per heavy atom. The highest BCUT2D eigenvalue weighted by atomic mass is 19.1. The van der Waals surface area contributed by atoms with Crippen LogP contribution in [0, 0.1) is 5.82 Å². The lowest BCUT2D eigenvalue weighted by Gasteiger charge is -2.36. The summed E-state index contributed by atoms with van der Waals surface area (Å²) < 4.78 is 19.1. The topological polar surface area (TPSA) is 37.4 Å². The van der Waals surface area contributed by atoms with Crippen LogP contribution in [0.2, 0.25) is 0 Å². The van der Waals surface area contributed by atoms with Crippen molar-refractivity contribution in [3.8, 4) is 0 Å². The maximum absolute atomic E-state index is 13.7. The normalized spacial score (nSPS) is 20.6. The first-order valence-corrected chi connectivity index (χ1v) is 5.98. The van der Waals surface area contributed by atoms with Crippen LogP contribution < -0.4 is 10.2 Å². The van der Waals surface area contributed by atoms with E-state index in [9.17, 15) is 4.39 Å². The molecule has 1 fully saturated rings. The second kappa shape index (κ2) is 5.93. The number of likely N-dealkylation sites (N-methyl/N-ethyl adjacent to an activating group) is 1. The number of ether oxygens (including phenoxy) is 1. The molecule has 2 heterocycles. The average Bonchev–Trinajstić information content (AvgIpc) is 2.37. The van der Waals surface area contributed by atoms with Crippen molar-refractivity contribution >= 4 is 5.82 Å². The molecule has 0 aliphatic carbocycles. The molecule has 2 rings (SSSR count). The van der Waals surface area contributed by atoms with E-state index < -0.39 is 0 Å². The van der Waals surface area contributed by atoms with Crippen LogP contribution in [0.25, 0.3) is 0 Å². The minimum Gasteiger partial charge on any atom is -0.377 e. The van der Waals surface area contributed by atoms with Crippen molar-refractivity contribution in [2.75, 3.05) is 37.7 Å². The lowest BCUT2D eigenvalue weighted by Crippen LogP contribution is -2.51. The summed E-state index contributed by atoms with van der Waals surface area (Å²) in [6, 6.07) is 3.20. The molecule has 1 aliphatic heterocycles. The molecule has 1 aliphatic rings. The van der Waals surface area contributed by atoms with E-state index in [0.29, 0.717) is 25.6 Å². The quantitative estimate of drug-likeness (QED) is 0.851. The zero-order valence-corrected chi connectivity index (χ0v) is 10.0. The summed E-state index contributed by atoms with van der Waals surface area (Å²) >= 11 is 0. The van der Waals surface area contributed by atoms with Crippen LogP contribution in [0.4, 0.5) is 10.2 Å². The van der Waals surface area contributed by atoms with Gasteiger partial charge < -0.3 is 15.0 Å². The smallest absolute Gasteiger partial charge is 0.165 e. The van der Waals surface area contributed by atoms with E-state index in [-0.39, 0.29) is 11.9 Å². The molecule has 0 spiro atoms. The van der Waals surface area contributed by atoms with Gasteiger partial charge in [-0.3, -0.25) is 0 Å². The van der Waals surface area contributed by atoms with Crippen LogP contribution in [-0.2, 0) is 4.74 Å². The third-order valence-corrected chi connectivity index (χ3v) is 2.87. The number of hydrogen-bond acceptors (Lipinski definition) is 4. The zero-order chi connectivity index (χ0) is 12.1. The number of morpholine rings is 1. The standard InChI is InChI=1S/C12H18FN3O/c1-2-14-8-10-9-17-7-6-16(10)12-11(13)4-3-5-15-12/h3-5,10,14H,2,6-9H2,1H3. The molecule has 4 nitrogen and oxygen atoms in total. The van der Waals surface area contributed by atoms with E-state index >= 15 is 0 Å². The summed E-state index contributed by atoms with van der Waals surface area (Å²) in [6.45, 7) is 5.66. The van der Waals surface area contributed by atoms with E-state index in [1.165, 1.54) is 6.07 Å². The summed E-state index contributed by atoms with van der Waals surface area (Å²) in [5.41, 5.74) is 0. The van der Waals surface area contributed by atoms with E-state index in [1.807, 2.05) is 4.90 Å². The number of anilines is 1. The molecule has 1 aromatic rings. The minimum atomic E-state index is -0.268. The molecule has 0 saturated carbocycles. The molecule has 1 N–H and O–H groups in total. The first kappa shape index (κ1) is 12.3. The van der Waals surface area contributed by atoms with Crippen LogP contribution in [0.5, 0.6) is 0 Å². The van der Waals surface area contributed by atoms with Crippen molar-refractivity contribution in [3.63, 3.8) is 0 Å². The maximum Gasteiger partial charge on any atom is 0.165 e. The van der Waals surface area contributed by atoms with Crippen LogP contribution in [0.1, 0.15) is 6.92 Å². The number of pyridine rings is 1. The number of hydrogen-bond donors (Lipinski definition) is 1. The SMILES string of the molecule is CCNCC1COCCN1c1ncccc1F. The van der Waals surface area contributed by atoms with Crippen molar-refractivity contribution in [2.24, 2.45) is 0 Å². The van der Waals surface area contributed by atoms with Gasteiger partial charge in [0.2, 0.25) is 0 Å². The highest BCUT2D eigenvalue weighted by Crippen LogP contribution is 2.19. The van der Waals surface area contributed by atoms with Gasteiger partial charge in [-0.25, -0.2) is 9.37 Å². The van der Waals surface area contributed by atoms with Gasteiger partial charge in [-0.05, 0) is 18.7 Å². The van der Waals surface area contributed by atoms with Gasteiger partial charge >= 0.3 is 0 Å². The molecule has 1 atom stereocenters. The molecule has 94 valence electrons. The molecular formula is C12H18FN3O. The summed E-state index contributed by atoms with van der Waals surface area (Å²) in [6.07, 6.45) is 1.62. The average molecular weight is 239 g/mol. The maximum atomic E-state index is 13.7. The van der Waals surface area contributed by atoms with Gasteiger partial charge in [0.25, 0.3) is 0 Å². The fourth-order valence-electron chi connectivity index (χ4n) is 2.00. The predicted octanol–water partition coefficient (Wildman–Crippen LogP) is 1.04. The molecule has 1 unspecified atom stereocenters. The molecule has 5 heteroatoms. The molecule has 0 amide bonds. The van der Waals surface area contributed by atoms with Gasteiger partial charge in [0.05, 0.1) is 19.3 Å². The van der Waals surface area contributed by atoms with Gasteiger partial charge in [0.15, 0.2) is 11.6 Å². The fraction of sp³-hybridized carbons (Fsp3) is 0.583. The largest absolute Gasteiger partial charge is 0.377 e. The Bertz CT molecular complexity index is 361. The summed E-state index contributed by atoms with van der Waals surface area (Å²) in [7, 11) is 0. The van der Waals surface area contributed by atoms with Crippen molar-refractivity contribution in [2.45, 2.75) is 13.0 Å². The minimum absolute atomic E-state index is 0.146. The molecule has 1 aromatic heterocycles. The van der Waals surface area contributed by atoms with Gasteiger partial charge in [0.1, 0.15) is 0 Å².